The van der Waals surface area contributed by atoms with E-state index in [1.165, 1.54) is 0 Å². The quantitative estimate of drug-likeness (QED) is 0.153. The molecule has 8 heteroatoms. The van der Waals surface area contributed by atoms with Gasteiger partial charge in [0.05, 0.1) is 12.1 Å². The highest BCUT2D eigenvalue weighted by Gasteiger charge is 2.30. The lowest BCUT2D eigenvalue weighted by molar-refractivity contribution is -0.147. The number of aromatic nitrogens is 1. The third-order valence-corrected chi connectivity index (χ3v) is 7.44. The van der Waals surface area contributed by atoms with Crippen LogP contribution in [0.2, 0.25) is 0 Å². The fourth-order valence-corrected chi connectivity index (χ4v) is 5.09. The van der Waals surface area contributed by atoms with Crippen LogP contribution in [0.5, 0.6) is 0 Å². The summed E-state index contributed by atoms with van der Waals surface area (Å²) >= 11 is 0. The number of fused-ring (bicyclic) bond motifs is 1. The first kappa shape index (κ1) is 31.5. The topological polar surface area (TPSA) is 112 Å². The number of carbonyl (C=O) groups is 3. The van der Waals surface area contributed by atoms with Crippen molar-refractivity contribution in [2.24, 2.45) is 5.92 Å². The number of carbonyl (C=O) groups excluding carboxylic acids is 3. The van der Waals surface area contributed by atoms with Gasteiger partial charge in [0.15, 0.2) is 0 Å². The van der Waals surface area contributed by atoms with E-state index in [0.717, 1.165) is 27.6 Å². The van der Waals surface area contributed by atoms with Gasteiger partial charge in [-0.2, -0.15) is 0 Å². The van der Waals surface area contributed by atoms with Crippen molar-refractivity contribution >= 4 is 28.7 Å². The minimum absolute atomic E-state index is 0.140. The second kappa shape index (κ2) is 15.2. The number of hydrogen-bond acceptors (Lipinski definition) is 5. The van der Waals surface area contributed by atoms with Crippen LogP contribution in [-0.4, -0.2) is 40.9 Å². The molecule has 4 atom stereocenters. The minimum atomic E-state index is -0.799. The number of amides is 2. The van der Waals surface area contributed by atoms with Gasteiger partial charge in [-0.3, -0.25) is 19.7 Å². The molecule has 226 valence electrons. The maximum Gasteiger partial charge on any atom is 0.323 e. The van der Waals surface area contributed by atoms with E-state index in [2.05, 4.69) is 20.9 Å². The van der Waals surface area contributed by atoms with Crippen LogP contribution >= 0.6 is 0 Å². The summed E-state index contributed by atoms with van der Waals surface area (Å²) in [5, 5.41) is 10.2. The van der Waals surface area contributed by atoms with Gasteiger partial charge in [-0.25, -0.2) is 0 Å². The summed E-state index contributed by atoms with van der Waals surface area (Å²) in [6, 6.07) is 24.5. The molecule has 0 unspecified atom stereocenters. The highest BCUT2D eigenvalue weighted by Crippen LogP contribution is 2.20. The number of para-hydroxylation sites is 1. The Kier molecular flexibility index (Phi) is 11.1. The first-order valence-electron chi connectivity index (χ1n) is 14.9. The van der Waals surface area contributed by atoms with Crippen LogP contribution in [0.1, 0.15) is 56.8 Å². The highest BCUT2D eigenvalue weighted by molar-refractivity contribution is 5.91. The standard InChI is InChI=1S/C35H42N4O4/c1-23(2)19-31(33(40)38-24(3)27-15-9-6-10-16-27)39-34(41)32(20-28-21-36-30-18-12-11-17-29(28)30)37-25(4)35(42)43-22-26-13-7-5-8-14-26/h5-18,21,23-25,31-32,36-37H,19-20,22H2,1-4H3,(H,38,40)(H,39,41)/t24-,25+,31-,32-/m0/s1. The van der Waals surface area contributed by atoms with Gasteiger partial charge in [-0.15, -0.1) is 0 Å². The molecule has 1 aromatic heterocycles. The number of H-pyrrole nitrogens is 1. The fraction of sp³-hybridized carbons (Fsp3) is 0.343. The predicted molar refractivity (Wildman–Crippen MR) is 169 cm³/mol. The molecule has 8 nitrogen and oxygen atoms in total. The Bertz CT molecular complexity index is 1490. The summed E-state index contributed by atoms with van der Waals surface area (Å²) in [6.45, 7) is 7.77. The third kappa shape index (κ3) is 9.03. The lowest BCUT2D eigenvalue weighted by Crippen LogP contribution is -2.56. The van der Waals surface area contributed by atoms with E-state index in [4.69, 9.17) is 4.74 Å². The van der Waals surface area contributed by atoms with Gasteiger partial charge in [0.1, 0.15) is 18.7 Å². The van der Waals surface area contributed by atoms with Crippen molar-refractivity contribution in [1.29, 1.82) is 0 Å². The normalized spacial score (nSPS) is 14.1. The molecule has 0 spiro atoms. The molecule has 3 aromatic carbocycles. The summed E-state index contributed by atoms with van der Waals surface area (Å²) in [5.74, 6) is -0.913. The molecule has 0 saturated carbocycles. The Morgan fingerprint density at radius 1 is 0.767 bits per heavy atom. The average molecular weight is 583 g/mol. The maximum atomic E-state index is 13.9. The molecule has 0 aliphatic heterocycles. The maximum absolute atomic E-state index is 13.9. The first-order valence-corrected chi connectivity index (χ1v) is 14.9. The van der Waals surface area contributed by atoms with Gasteiger partial charge in [-0.1, -0.05) is 92.7 Å². The minimum Gasteiger partial charge on any atom is -0.460 e. The number of ether oxygens (including phenoxy) is 1. The van der Waals surface area contributed by atoms with Crippen molar-refractivity contribution in [3.8, 4) is 0 Å². The Morgan fingerprint density at radius 3 is 2.09 bits per heavy atom. The van der Waals surface area contributed by atoms with E-state index in [1.807, 2.05) is 112 Å². The highest BCUT2D eigenvalue weighted by atomic mass is 16.5. The predicted octanol–water partition coefficient (Wildman–Crippen LogP) is 5.21. The van der Waals surface area contributed by atoms with Crippen molar-refractivity contribution in [3.63, 3.8) is 0 Å². The average Bonchev–Trinajstić information content (AvgIpc) is 3.42. The van der Waals surface area contributed by atoms with Crippen LogP contribution in [0.15, 0.2) is 91.1 Å². The smallest absolute Gasteiger partial charge is 0.323 e. The fourth-order valence-electron chi connectivity index (χ4n) is 5.09. The van der Waals surface area contributed by atoms with E-state index in [9.17, 15) is 14.4 Å². The number of rotatable bonds is 14. The number of hydrogen-bond donors (Lipinski definition) is 4. The number of aromatic amines is 1. The van der Waals surface area contributed by atoms with Gasteiger partial charge in [0, 0.05) is 17.1 Å². The van der Waals surface area contributed by atoms with Crippen LogP contribution in [0, 0.1) is 5.92 Å². The van der Waals surface area contributed by atoms with Crippen LogP contribution < -0.4 is 16.0 Å². The molecule has 4 rings (SSSR count). The van der Waals surface area contributed by atoms with E-state index in [-0.39, 0.29) is 30.4 Å². The molecule has 0 aliphatic rings. The molecule has 1 heterocycles. The van der Waals surface area contributed by atoms with E-state index >= 15 is 0 Å². The van der Waals surface area contributed by atoms with Crippen molar-refractivity contribution in [3.05, 3.63) is 108 Å². The van der Waals surface area contributed by atoms with Crippen molar-refractivity contribution in [2.45, 2.75) is 71.3 Å². The van der Waals surface area contributed by atoms with Gasteiger partial charge in [-0.05, 0) is 55.4 Å². The number of benzene rings is 3. The second-order valence-electron chi connectivity index (χ2n) is 11.4. The zero-order chi connectivity index (χ0) is 30.8. The molecule has 0 aliphatic carbocycles. The summed E-state index contributed by atoms with van der Waals surface area (Å²) in [5.41, 5.74) is 3.74. The van der Waals surface area contributed by atoms with Crippen molar-refractivity contribution in [2.75, 3.05) is 0 Å². The number of esters is 1. The summed E-state index contributed by atoms with van der Waals surface area (Å²) in [6.07, 6.45) is 2.65. The van der Waals surface area contributed by atoms with Crippen molar-refractivity contribution < 1.29 is 19.1 Å². The molecule has 0 bridgehead atoms. The first-order chi connectivity index (χ1) is 20.7. The van der Waals surface area contributed by atoms with Gasteiger partial charge >= 0.3 is 5.97 Å². The monoisotopic (exact) mass is 582 g/mol. The van der Waals surface area contributed by atoms with Gasteiger partial charge in [0.2, 0.25) is 11.8 Å². The molecule has 43 heavy (non-hydrogen) atoms. The van der Waals surface area contributed by atoms with Crippen LogP contribution in [-0.2, 0) is 32.1 Å². The Hall–Kier alpha value is -4.43. The largest absolute Gasteiger partial charge is 0.460 e. The lowest BCUT2D eigenvalue weighted by atomic mass is 9.99. The Labute approximate surface area is 253 Å². The molecule has 0 radical (unpaired) electrons. The van der Waals surface area contributed by atoms with E-state index in [0.29, 0.717) is 12.8 Å². The summed E-state index contributed by atoms with van der Waals surface area (Å²) < 4.78 is 5.53. The van der Waals surface area contributed by atoms with Crippen LogP contribution in [0.25, 0.3) is 10.9 Å². The zero-order valence-electron chi connectivity index (χ0n) is 25.3. The van der Waals surface area contributed by atoms with Gasteiger partial charge in [0.25, 0.3) is 0 Å². The SMILES string of the molecule is CC(C)C[C@H](NC(=O)[C@H](Cc1c[nH]c2ccccc12)N[C@H](C)C(=O)OCc1ccccc1)C(=O)N[C@@H](C)c1ccccc1. The number of nitrogens with one attached hydrogen (secondary N) is 4. The molecule has 4 N–H and O–H groups in total. The van der Waals surface area contributed by atoms with Crippen LogP contribution in [0.3, 0.4) is 0 Å². The second-order valence-corrected chi connectivity index (χ2v) is 11.4. The van der Waals surface area contributed by atoms with E-state index < -0.39 is 24.1 Å². The summed E-state index contributed by atoms with van der Waals surface area (Å²) in [7, 11) is 0. The molecular formula is C35H42N4O4. The Balaban J connectivity index is 1.50. The summed E-state index contributed by atoms with van der Waals surface area (Å²) in [4.78, 5) is 43.5. The lowest BCUT2D eigenvalue weighted by Gasteiger charge is -2.27. The molecule has 0 fully saturated rings. The molecule has 0 saturated heterocycles. The molecular weight excluding hydrogens is 540 g/mol. The Morgan fingerprint density at radius 2 is 1.40 bits per heavy atom. The zero-order valence-corrected chi connectivity index (χ0v) is 25.3. The van der Waals surface area contributed by atoms with Crippen molar-refractivity contribution in [1.82, 2.24) is 20.9 Å². The molecule has 4 aromatic rings. The van der Waals surface area contributed by atoms with Crippen LogP contribution in [0.4, 0.5) is 0 Å². The third-order valence-electron chi connectivity index (χ3n) is 7.44. The molecule has 2 amide bonds. The van der Waals surface area contributed by atoms with E-state index in [1.54, 1.807) is 6.92 Å². The van der Waals surface area contributed by atoms with Gasteiger partial charge < -0.3 is 20.4 Å².